The third kappa shape index (κ3) is 3.25. The molecule has 0 heterocycles. The first-order chi connectivity index (χ1) is 8.93. The van der Waals surface area contributed by atoms with Crippen LogP contribution in [0, 0.1) is 0 Å². The second kappa shape index (κ2) is 6.55. The van der Waals surface area contributed by atoms with Gasteiger partial charge in [0.1, 0.15) is 11.4 Å². The number of ether oxygens (including phenoxy) is 2. The van der Waals surface area contributed by atoms with Crippen LogP contribution in [0.25, 0.3) is 0 Å². The van der Waals surface area contributed by atoms with Crippen LogP contribution in [0.4, 0.5) is 11.4 Å². The lowest BCUT2D eigenvalue weighted by Crippen LogP contribution is -2.37. The van der Waals surface area contributed by atoms with E-state index in [9.17, 15) is 0 Å². The van der Waals surface area contributed by atoms with Crippen LogP contribution < -0.4 is 20.1 Å². The lowest BCUT2D eigenvalue weighted by molar-refractivity contribution is 0.336. The minimum Gasteiger partial charge on any atom is -0.494 e. The molecule has 0 aliphatic rings. The molecule has 4 heteroatoms. The molecule has 0 bridgehead atoms. The van der Waals surface area contributed by atoms with Crippen LogP contribution in [0.3, 0.4) is 0 Å². The number of anilines is 2. The highest BCUT2D eigenvalue weighted by atomic mass is 16.5. The zero-order chi connectivity index (χ0) is 14.6. The molecule has 0 saturated carbocycles. The molecule has 0 atom stereocenters. The molecule has 0 spiro atoms. The van der Waals surface area contributed by atoms with Gasteiger partial charge in [-0.2, -0.15) is 0 Å². The van der Waals surface area contributed by atoms with Crippen molar-refractivity contribution in [3.05, 3.63) is 12.1 Å². The molecule has 0 aliphatic carbocycles. The number of nitrogen functional groups attached to an aromatic ring is 1. The van der Waals surface area contributed by atoms with Crippen molar-refractivity contribution in [2.75, 3.05) is 24.4 Å². The molecule has 0 fully saturated rings. The van der Waals surface area contributed by atoms with Crippen LogP contribution in [0.15, 0.2) is 12.1 Å². The minimum absolute atomic E-state index is 0.329. The van der Waals surface area contributed by atoms with Crippen LogP contribution in [0.1, 0.15) is 34.6 Å². The van der Waals surface area contributed by atoms with Gasteiger partial charge in [-0.25, -0.2) is 0 Å². The smallest absolute Gasteiger partial charge is 0.169 e. The van der Waals surface area contributed by atoms with Gasteiger partial charge in [0.25, 0.3) is 0 Å². The maximum absolute atomic E-state index is 6.06. The summed E-state index contributed by atoms with van der Waals surface area (Å²) in [5, 5.41) is 0. The Kier molecular flexibility index (Phi) is 5.33. The number of hydrogen-bond acceptors (Lipinski definition) is 4. The quantitative estimate of drug-likeness (QED) is 0.803. The van der Waals surface area contributed by atoms with Gasteiger partial charge in [0.15, 0.2) is 5.75 Å². The first-order valence-corrected chi connectivity index (χ1v) is 6.81. The topological polar surface area (TPSA) is 47.7 Å². The van der Waals surface area contributed by atoms with Crippen molar-refractivity contribution in [3.8, 4) is 11.5 Å². The zero-order valence-electron chi connectivity index (χ0n) is 12.9. The molecule has 2 N–H and O–H groups in total. The molecule has 0 aliphatic heterocycles. The van der Waals surface area contributed by atoms with E-state index >= 15 is 0 Å². The Morgan fingerprint density at radius 3 is 2.16 bits per heavy atom. The van der Waals surface area contributed by atoms with Crippen molar-refractivity contribution in [1.82, 2.24) is 0 Å². The lowest BCUT2D eigenvalue weighted by Gasteiger charge is -2.35. The predicted octanol–water partition coefficient (Wildman–Crippen LogP) is 3.30. The molecule has 0 aromatic heterocycles. The Bertz CT molecular complexity index is 409. The van der Waals surface area contributed by atoms with E-state index in [1.165, 1.54) is 0 Å². The van der Waals surface area contributed by atoms with E-state index in [1.54, 1.807) is 7.11 Å². The Morgan fingerprint density at radius 2 is 1.74 bits per heavy atom. The zero-order valence-corrected chi connectivity index (χ0v) is 12.9. The average molecular weight is 266 g/mol. The van der Waals surface area contributed by atoms with Crippen molar-refractivity contribution in [3.63, 3.8) is 0 Å². The fraction of sp³-hybridized carbons (Fsp3) is 0.600. The fourth-order valence-corrected chi connectivity index (χ4v) is 2.39. The Hall–Kier alpha value is -1.58. The SMILES string of the molecule is CCOc1c(N)ccc(OC)c1N(C(C)C)C(C)C. The van der Waals surface area contributed by atoms with E-state index in [0.29, 0.717) is 30.1 Å². The number of nitrogens with zero attached hydrogens (tertiary/aromatic N) is 1. The van der Waals surface area contributed by atoms with Gasteiger partial charge in [0.05, 0.1) is 19.4 Å². The molecule has 4 nitrogen and oxygen atoms in total. The number of nitrogens with two attached hydrogens (primary N) is 1. The molecular formula is C15H26N2O2. The van der Waals surface area contributed by atoms with E-state index in [-0.39, 0.29) is 0 Å². The van der Waals surface area contributed by atoms with E-state index in [0.717, 1.165) is 11.4 Å². The molecule has 19 heavy (non-hydrogen) atoms. The average Bonchev–Trinajstić information content (AvgIpc) is 2.33. The van der Waals surface area contributed by atoms with Gasteiger partial charge < -0.3 is 20.1 Å². The van der Waals surface area contributed by atoms with Gasteiger partial charge in [-0.1, -0.05) is 0 Å². The largest absolute Gasteiger partial charge is 0.494 e. The summed E-state index contributed by atoms with van der Waals surface area (Å²) in [6.45, 7) is 11.1. The predicted molar refractivity (Wildman–Crippen MR) is 81.3 cm³/mol. The van der Waals surface area contributed by atoms with Gasteiger partial charge in [-0.15, -0.1) is 0 Å². The summed E-state index contributed by atoms with van der Waals surface area (Å²) in [6, 6.07) is 4.38. The summed E-state index contributed by atoms with van der Waals surface area (Å²) in [6.07, 6.45) is 0. The summed E-state index contributed by atoms with van der Waals surface area (Å²) in [5.74, 6) is 1.50. The molecule has 1 rings (SSSR count). The van der Waals surface area contributed by atoms with Crippen LogP contribution in [0.5, 0.6) is 11.5 Å². The second-order valence-electron chi connectivity index (χ2n) is 5.06. The summed E-state index contributed by atoms with van der Waals surface area (Å²) >= 11 is 0. The standard InChI is InChI=1S/C15H26N2O2/c1-7-19-15-12(16)8-9-13(18-6)14(15)17(10(2)3)11(4)5/h8-11H,7,16H2,1-6H3. The van der Waals surface area contributed by atoms with E-state index in [2.05, 4.69) is 32.6 Å². The fourth-order valence-electron chi connectivity index (χ4n) is 2.39. The Balaban J connectivity index is 3.46. The molecule has 0 unspecified atom stereocenters. The van der Waals surface area contributed by atoms with Crippen molar-refractivity contribution >= 4 is 11.4 Å². The van der Waals surface area contributed by atoms with Crippen LogP contribution in [-0.4, -0.2) is 25.8 Å². The van der Waals surface area contributed by atoms with Crippen molar-refractivity contribution < 1.29 is 9.47 Å². The van der Waals surface area contributed by atoms with Gasteiger partial charge in [0, 0.05) is 12.1 Å². The summed E-state index contributed by atoms with van der Waals surface area (Å²) in [4.78, 5) is 2.26. The Labute approximate surface area is 116 Å². The number of hydrogen-bond donors (Lipinski definition) is 1. The second-order valence-corrected chi connectivity index (χ2v) is 5.06. The molecule has 0 saturated heterocycles. The summed E-state index contributed by atoms with van der Waals surface area (Å²) in [7, 11) is 1.67. The van der Waals surface area contributed by atoms with Crippen LogP contribution >= 0.6 is 0 Å². The first-order valence-electron chi connectivity index (χ1n) is 6.81. The summed E-state index contributed by atoms with van der Waals surface area (Å²) in [5.41, 5.74) is 7.64. The van der Waals surface area contributed by atoms with Gasteiger partial charge in [-0.05, 0) is 46.8 Å². The highest BCUT2D eigenvalue weighted by molar-refractivity contribution is 5.77. The third-order valence-corrected chi connectivity index (χ3v) is 3.00. The third-order valence-electron chi connectivity index (χ3n) is 3.00. The molecular weight excluding hydrogens is 240 g/mol. The van der Waals surface area contributed by atoms with Crippen LogP contribution in [0.2, 0.25) is 0 Å². The monoisotopic (exact) mass is 266 g/mol. The first kappa shape index (κ1) is 15.5. The lowest BCUT2D eigenvalue weighted by atomic mass is 10.1. The normalized spacial score (nSPS) is 10.9. The van der Waals surface area contributed by atoms with Crippen LogP contribution in [-0.2, 0) is 0 Å². The van der Waals surface area contributed by atoms with Crippen molar-refractivity contribution in [2.45, 2.75) is 46.7 Å². The van der Waals surface area contributed by atoms with Crippen molar-refractivity contribution in [2.24, 2.45) is 0 Å². The Morgan fingerprint density at radius 1 is 1.16 bits per heavy atom. The van der Waals surface area contributed by atoms with E-state index in [4.69, 9.17) is 15.2 Å². The van der Waals surface area contributed by atoms with Gasteiger partial charge in [-0.3, -0.25) is 0 Å². The van der Waals surface area contributed by atoms with Gasteiger partial charge in [0.2, 0.25) is 0 Å². The molecule has 108 valence electrons. The number of benzene rings is 1. The summed E-state index contributed by atoms with van der Waals surface area (Å²) < 4.78 is 11.2. The highest BCUT2D eigenvalue weighted by Gasteiger charge is 2.24. The number of rotatable bonds is 6. The molecule has 1 aromatic rings. The van der Waals surface area contributed by atoms with E-state index < -0.39 is 0 Å². The minimum atomic E-state index is 0.329. The van der Waals surface area contributed by atoms with E-state index in [1.807, 2.05) is 19.1 Å². The maximum atomic E-state index is 6.06. The molecule has 1 aromatic carbocycles. The van der Waals surface area contributed by atoms with Gasteiger partial charge >= 0.3 is 0 Å². The number of methoxy groups -OCH3 is 1. The molecule has 0 amide bonds. The van der Waals surface area contributed by atoms with Crippen molar-refractivity contribution in [1.29, 1.82) is 0 Å². The highest BCUT2D eigenvalue weighted by Crippen LogP contribution is 2.43. The maximum Gasteiger partial charge on any atom is 0.169 e. The molecule has 0 radical (unpaired) electrons.